The molecule has 1 unspecified atom stereocenters. The summed E-state index contributed by atoms with van der Waals surface area (Å²) in [6, 6.07) is 6.94. The number of piperazine rings is 1. The fourth-order valence-electron chi connectivity index (χ4n) is 4.26. The molecule has 0 aliphatic carbocycles. The van der Waals surface area contributed by atoms with Gasteiger partial charge in [-0.05, 0) is 37.1 Å². The molecule has 0 radical (unpaired) electrons. The van der Waals surface area contributed by atoms with Crippen molar-refractivity contribution < 1.29 is 14.6 Å². The number of hydrogen-bond acceptors (Lipinski definition) is 6. The van der Waals surface area contributed by atoms with Crippen LogP contribution in [0.1, 0.15) is 18.4 Å². The van der Waals surface area contributed by atoms with Crippen molar-refractivity contribution in [1.82, 2.24) is 14.7 Å². The third kappa shape index (κ3) is 4.08. The van der Waals surface area contributed by atoms with Gasteiger partial charge in [0.25, 0.3) is 0 Å². The van der Waals surface area contributed by atoms with Crippen molar-refractivity contribution in [2.45, 2.75) is 25.4 Å². The van der Waals surface area contributed by atoms with E-state index in [9.17, 15) is 0 Å². The summed E-state index contributed by atoms with van der Waals surface area (Å²) < 4.78 is 10.9. The Morgan fingerprint density at radius 2 is 1.84 bits per heavy atom. The fourth-order valence-corrected chi connectivity index (χ4v) is 4.26. The van der Waals surface area contributed by atoms with E-state index in [1.54, 1.807) is 0 Å². The third-order valence-electron chi connectivity index (χ3n) is 5.66. The Morgan fingerprint density at radius 3 is 2.68 bits per heavy atom. The normalized spacial score (nSPS) is 25.4. The van der Waals surface area contributed by atoms with Crippen LogP contribution in [0, 0.1) is 0 Å². The number of piperidine rings is 1. The molecule has 3 aliphatic rings. The molecule has 0 aromatic heterocycles. The standard InChI is InChI=1S/C19H29N3O3/c23-11-10-20-5-1-2-17(14-20)22-8-6-21(7-9-22)13-16-3-4-18-19(12-16)25-15-24-18/h3-4,12,17,23H,1-2,5-11,13-15H2. The molecule has 0 spiro atoms. The van der Waals surface area contributed by atoms with Crippen molar-refractivity contribution in [3.05, 3.63) is 23.8 Å². The van der Waals surface area contributed by atoms with E-state index in [2.05, 4.69) is 26.8 Å². The molecule has 138 valence electrons. The highest BCUT2D eigenvalue weighted by Crippen LogP contribution is 2.32. The summed E-state index contributed by atoms with van der Waals surface area (Å²) >= 11 is 0. The van der Waals surface area contributed by atoms with E-state index in [0.717, 1.165) is 63.9 Å². The first-order valence-electron chi connectivity index (χ1n) is 9.50. The van der Waals surface area contributed by atoms with Crippen LogP contribution >= 0.6 is 0 Å². The van der Waals surface area contributed by atoms with Crippen LogP contribution < -0.4 is 9.47 Å². The van der Waals surface area contributed by atoms with Crippen LogP contribution in [0.4, 0.5) is 0 Å². The lowest BCUT2D eigenvalue weighted by Gasteiger charge is -2.43. The number of hydrogen-bond donors (Lipinski definition) is 1. The molecule has 6 nitrogen and oxygen atoms in total. The summed E-state index contributed by atoms with van der Waals surface area (Å²) in [5.41, 5.74) is 1.30. The number of aliphatic hydroxyl groups is 1. The Bertz CT molecular complexity index is 573. The van der Waals surface area contributed by atoms with Gasteiger partial charge in [-0.2, -0.15) is 0 Å². The average Bonchev–Trinajstić information content (AvgIpc) is 3.11. The van der Waals surface area contributed by atoms with Crippen LogP contribution in [0.5, 0.6) is 11.5 Å². The second-order valence-electron chi connectivity index (χ2n) is 7.32. The van der Waals surface area contributed by atoms with Crippen molar-refractivity contribution in [2.24, 2.45) is 0 Å². The molecule has 2 fully saturated rings. The molecule has 3 heterocycles. The maximum Gasteiger partial charge on any atom is 0.231 e. The van der Waals surface area contributed by atoms with Gasteiger partial charge in [-0.3, -0.25) is 14.7 Å². The molecule has 1 atom stereocenters. The number of nitrogens with zero attached hydrogens (tertiary/aromatic N) is 3. The number of β-amino-alcohol motifs (C(OH)–C–C–N with tert-alkyl or cyclic N) is 1. The van der Waals surface area contributed by atoms with Gasteiger partial charge in [-0.1, -0.05) is 6.07 Å². The highest BCUT2D eigenvalue weighted by molar-refractivity contribution is 5.44. The molecule has 1 N–H and O–H groups in total. The van der Waals surface area contributed by atoms with E-state index in [-0.39, 0.29) is 6.61 Å². The second kappa shape index (κ2) is 7.91. The first-order chi connectivity index (χ1) is 12.3. The molecule has 1 aromatic carbocycles. The maximum atomic E-state index is 9.17. The zero-order valence-electron chi connectivity index (χ0n) is 14.9. The van der Waals surface area contributed by atoms with Crippen LogP contribution in [0.2, 0.25) is 0 Å². The maximum absolute atomic E-state index is 9.17. The van der Waals surface area contributed by atoms with Crippen molar-refractivity contribution in [2.75, 3.05) is 59.2 Å². The van der Waals surface area contributed by atoms with Crippen molar-refractivity contribution in [3.63, 3.8) is 0 Å². The zero-order chi connectivity index (χ0) is 17.1. The second-order valence-corrected chi connectivity index (χ2v) is 7.32. The van der Waals surface area contributed by atoms with Crippen LogP contribution in [0.3, 0.4) is 0 Å². The Labute approximate surface area is 149 Å². The van der Waals surface area contributed by atoms with E-state index < -0.39 is 0 Å². The van der Waals surface area contributed by atoms with E-state index in [1.807, 2.05) is 6.07 Å². The van der Waals surface area contributed by atoms with Gasteiger partial charge in [0.15, 0.2) is 11.5 Å². The van der Waals surface area contributed by atoms with E-state index in [0.29, 0.717) is 12.8 Å². The quantitative estimate of drug-likeness (QED) is 0.857. The number of likely N-dealkylation sites (tertiary alicyclic amines) is 1. The number of benzene rings is 1. The molecule has 2 saturated heterocycles. The molecule has 0 bridgehead atoms. The van der Waals surface area contributed by atoms with Crippen LogP contribution in [-0.2, 0) is 6.54 Å². The first kappa shape index (κ1) is 17.1. The molecule has 0 saturated carbocycles. The summed E-state index contributed by atoms with van der Waals surface area (Å²) in [6.45, 7) is 9.18. The zero-order valence-corrected chi connectivity index (χ0v) is 14.9. The van der Waals surface area contributed by atoms with E-state index in [4.69, 9.17) is 14.6 Å². The van der Waals surface area contributed by atoms with Gasteiger partial charge in [0.1, 0.15) is 0 Å². The van der Waals surface area contributed by atoms with Crippen molar-refractivity contribution >= 4 is 0 Å². The lowest BCUT2D eigenvalue weighted by molar-refractivity contribution is 0.0451. The molecular weight excluding hydrogens is 318 g/mol. The van der Waals surface area contributed by atoms with Gasteiger partial charge < -0.3 is 14.6 Å². The van der Waals surface area contributed by atoms with Crippen LogP contribution in [-0.4, -0.2) is 85.1 Å². The van der Waals surface area contributed by atoms with Gasteiger partial charge in [0.2, 0.25) is 6.79 Å². The molecular formula is C19H29N3O3. The predicted octanol–water partition coefficient (Wildman–Crippen LogP) is 0.990. The number of aliphatic hydroxyl groups excluding tert-OH is 1. The minimum atomic E-state index is 0.274. The fraction of sp³-hybridized carbons (Fsp3) is 0.684. The minimum Gasteiger partial charge on any atom is -0.454 e. The smallest absolute Gasteiger partial charge is 0.231 e. The topological polar surface area (TPSA) is 48.4 Å². The largest absolute Gasteiger partial charge is 0.454 e. The molecule has 25 heavy (non-hydrogen) atoms. The lowest BCUT2D eigenvalue weighted by atomic mass is 10.0. The summed E-state index contributed by atoms with van der Waals surface area (Å²) in [5.74, 6) is 1.74. The monoisotopic (exact) mass is 347 g/mol. The summed E-state index contributed by atoms with van der Waals surface area (Å²) in [5, 5.41) is 9.17. The van der Waals surface area contributed by atoms with Gasteiger partial charge >= 0.3 is 0 Å². The van der Waals surface area contributed by atoms with Gasteiger partial charge in [0, 0.05) is 51.9 Å². The van der Waals surface area contributed by atoms with Crippen LogP contribution in [0.25, 0.3) is 0 Å². The highest BCUT2D eigenvalue weighted by atomic mass is 16.7. The number of fused-ring (bicyclic) bond motifs is 1. The lowest BCUT2D eigenvalue weighted by Crippen LogP contribution is -2.55. The number of ether oxygens (including phenoxy) is 2. The van der Waals surface area contributed by atoms with Crippen molar-refractivity contribution in [3.8, 4) is 11.5 Å². The van der Waals surface area contributed by atoms with E-state index in [1.165, 1.54) is 18.4 Å². The Morgan fingerprint density at radius 1 is 1.00 bits per heavy atom. The Hall–Kier alpha value is -1.34. The molecule has 6 heteroatoms. The summed E-state index contributed by atoms with van der Waals surface area (Å²) in [6.07, 6.45) is 2.55. The molecule has 1 aromatic rings. The molecule has 3 aliphatic heterocycles. The highest BCUT2D eigenvalue weighted by Gasteiger charge is 2.28. The van der Waals surface area contributed by atoms with Gasteiger partial charge in [-0.15, -0.1) is 0 Å². The Balaban J connectivity index is 1.27. The Kier molecular flexibility index (Phi) is 5.41. The summed E-state index contributed by atoms with van der Waals surface area (Å²) in [7, 11) is 0. The predicted molar refractivity (Wildman–Crippen MR) is 96.0 cm³/mol. The third-order valence-corrected chi connectivity index (χ3v) is 5.66. The van der Waals surface area contributed by atoms with Crippen LogP contribution in [0.15, 0.2) is 18.2 Å². The minimum absolute atomic E-state index is 0.274. The van der Waals surface area contributed by atoms with Crippen molar-refractivity contribution in [1.29, 1.82) is 0 Å². The van der Waals surface area contributed by atoms with Gasteiger partial charge in [-0.25, -0.2) is 0 Å². The SMILES string of the molecule is OCCN1CCCC(N2CCN(Cc3ccc4c(c3)OCO4)CC2)C1. The average molecular weight is 347 g/mol. The summed E-state index contributed by atoms with van der Waals surface area (Å²) in [4.78, 5) is 7.59. The number of rotatable bonds is 5. The first-order valence-corrected chi connectivity index (χ1v) is 9.50. The van der Waals surface area contributed by atoms with Gasteiger partial charge in [0.05, 0.1) is 6.61 Å². The molecule has 4 rings (SSSR count). The van der Waals surface area contributed by atoms with E-state index >= 15 is 0 Å². The molecule has 0 amide bonds.